The number of ether oxygens (including phenoxy) is 2. The number of nitrogens with one attached hydrogen (secondary N) is 2. The third-order valence-corrected chi connectivity index (χ3v) is 4.68. The second-order valence-corrected chi connectivity index (χ2v) is 6.55. The molecule has 0 saturated carbocycles. The first-order valence-electron chi connectivity index (χ1n) is 8.78. The van der Waals surface area contributed by atoms with Crippen molar-refractivity contribution in [2.24, 2.45) is 0 Å². The molecular weight excluding hydrogens is 316 g/mol. The fourth-order valence-corrected chi connectivity index (χ4v) is 3.35. The predicted molar refractivity (Wildman–Crippen MR) is 97.6 cm³/mol. The van der Waals surface area contributed by atoms with Crippen molar-refractivity contribution in [2.45, 2.75) is 32.2 Å². The van der Waals surface area contributed by atoms with Crippen LogP contribution in [-0.2, 0) is 17.6 Å². The Hall–Kier alpha value is -2.69. The topological polar surface area (TPSA) is 59.6 Å². The second kappa shape index (κ2) is 6.67. The van der Waals surface area contributed by atoms with Gasteiger partial charge in [-0.15, -0.1) is 0 Å². The zero-order valence-electron chi connectivity index (χ0n) is 14.3. The lowest BCUT2D eigenvalue weighted by Crippen LogP contribution is -2.32. The van der Waals surface area contributed by atoms with Gasteiger partial charge in [-0.2, -0.15) is 0 Å². The molecule has 0 unspecified atom stereocenters. The van der Waals surface area contributed by atoms with Crippen LogP contribution in [-0.4, -0.2) is 25.2 Å². The smallest absolute Gasteiger partial charge is 0.246 e. The number of hydrogen-bond donors (Lipinski definition) is 2. The lowest BCUT2D eigenvalue weighted by molar-refractivity contribution is -0.116. The summed E-state index contributed by atoms with van der Waals surface area (Å²) in [4.78, 5) is 12.5. The average Bonchev–Trinajstić information content (AvgIpc) is 3.09. The molecule has 130 valence electrons. The molecule has 4 rings (SSSR count). The highest BCUT2D eigenvalue weighted by atomic mass is 16.6. The molecule has 1 heterocycles. The number of carbonyl (C=O) groups is 1. The van der Waals surface area contributed by atoms with Crippen molar-refractivity contribution < 1.29 is 14.3 Å². The van der Waals surface area contributed by atoms with Crippen LogP contribution in [0.4, 0.5) is 11.4 Å². The van der Waals surface area contributed by atoms with Crippen LogP contribution >= 0.6 is 0 Å². The fraction of sp³-hybridized carbons (Fsp3) is 0.350. The van der Waals surface area contributed by atoms with E-state index in [0.717, 1.165) is 18.5 Å². The van der Waals surface area contributed by atoms with Gasteiger partial charge in [-0.25, -0.2) is 0 Å². The number of anilines is 2. The minimum absolute atomic E-state index is 0.0859. The quantitative estimate of drug-likeness (QED) is 0.897. The Morgan fingerprint density at radius 3 is 2.60 bits per heavy atom. The van der Waals surface area contributed by atoms with Crippen LogP contribution in [0.15, 0.2) is 36.4 Å². The fourth-order valence-electron chi connectivity index (χ4n) is 3.35. The Bertz CT molecular complexity index is 804. The summed E-state index contributed by atoms with van der Waals surface area (Å²) in [5.74, 6) is 1.30. The Morgan fingerprint density at radius 1 is 0.960 bits per heavy atom. The van der Waals surface area contributed by atoms with Crippen LogP contribution in [0.2, 0.25) is 0 Å². The van der Waals surface area contributed by atoms with Crippen molar-refractivity contribution in [1.82, 2.24) is 0 Å². The first-order chi connectivity index (χ1) is 12.2. The molecule has 1 atom stereocenters. The van der Waals surface area contributed by atoms with Crippen LogP contribution in [0.3, 0.4) is 0 Å². The van der Waals surface area contributed by atoms with Crippen molar-refractivity contribution >= 4 is 17.3 Å². The Morgan fingerprint density at radius 2 is 1.72 bits per heavy atom. The molecular formula is C20H22N2O3. The van der Waals surface area contributed by atoms with Crippen LogP contribution in [0, 0.1) is 0 Å². The molecule has 0 saturated heterocycles. The van der Waals surface area contributed by atoms with E-state index in [9.17, 15) is 4.79 Å². The van der Waals surface area contributed by atoms with Gasteiger partial charge in [-0.1, -0.05) is 6.07 Å². The van der Waals surface area contributed by atoms with Gasteiger partial charge in [0, 0.05) is 17.4 Å². The summed E-state index contributed by atoms with van der Waals surface area (Å²) in [6.07, 6.45) is 3.51. The van der Waals surface area contributed by atoms with Crippen molar-refractivity contribution in [1.29, 1.82) is 0 Å². The van der Waals surface area contributed by atoms with Crippen molar-refractivity contribution in [3.63, 3.8) is 0 Å². The summed E-state index contributed by atoms with van der Waals surface area (Å²) in [6, 6.07) is 11.5. The van der Waals surface area contributed by atoms with Crippen LogP contribution in [0.5, 0.6) is 11.5 Å². The lowest BCUT2D eigenvalue weighted by atomic mass is 10.1. The lowest BCUT2D eigenvalue weighted by Gasteiger charge is -2.20. The maximum Gasteiger partial charge on any atom is 0.246 e. The van der Waals surface area contributed by atoms with Crippen molar-refractivity contribution in [2.75, 3.05) is 23.8 Å². The summed E-state index contributed by atoms with van der Waals surface area (Å²) in [6.45, 7) is 2.95. The summed E-state index contributed by atoms with van der Waals surface area (Å²) in [5.41, 5.74) is 4.52. The molecule has 0 spiro atoms. The third kappa shape index (κ3) is 3.40. The van der Waals surface area contributed by atoms with Crippen LogP contribution < -0.4 is 20.1 Å². The molecule has 0 radical (unpaired) electrons. The van der Waals surface area contributed by atoms with Gasteiger partial charge in [-0.05, 0) is 61.6 Å². The zero-order valence-corrected chi connectivity index (χ0v) is 14.3. The molecule has 2 N–H and O–H groups in total. The molecule has 1 amide bonds. The second-order valence-electron chi connectivity index (χ2n) is 6.55. The highest BCUT2D eigenvalue weighted by Crippen LogP contribution is 2.32. The molecule has 2 aliphatic rings. The predicted octanol–water partition coefficient (Wildman–Crippen LogP) is 3.39. The first-order valence-corrected chi connectivity index (χ1v) is 8.78. The number of fused-ring (bicyclic) bond motifs is 2. The molecule has 0 aromatic heterocycles. The van der Waals surface area contributed by atoms with E-state index in [1.165, 1.54) is 17.5 Å². The number of amides is 1. The number of carbonyl (C=O) groups excluding carboxylic acids is 1. The number of aryl methyl sites for hydroxylation is 2. The molecule has 25 heavy (non-hydrogen) atoms. The largest absolute Gasteiger partial charge is 0.486 e. The summed E-state index contributed by atoms with van der Waals surface area (Å²) in [5, 5.41) is 6.21. The highest BCUT2D eigenvalue weighted by Gasteiger charge is 2.17. The van der Waals surface area contributed by atoms with Crippen LogP contribution in [0.25, 0.3) is 0 Å². The van der Waals surface area contributed by atoms with E-state index in [4.69, 9.17) is 9.47 Å². The number of hydrogen-bond acceptors (Lipinski definition) is 4. The van der Waals surface area contributed by atoms with Crippen molar-refractivity contribution in [3.05, 3.63) is 47.5 Å². The minimum atomic E-state index is -0.340. The van der Waals surface area contributed by atoms with Gasteiger partial charge in [0.05, 0.1) is 0 Å². The Balaban J connectivity index is 1.40. The molecule has 2 aromatic carbocycles. The van der Waals surface area contributed by atoms with Crippen molar-refractivity contribution in [3.8, 4) is 11.5 Å². The average molecular weight is 338 g/mol. The van der Waals surface area contributed by atoms with E-state index in [2.05, 4.69) is 28.8 Å². The van der Waals surface area contributed by atoms with Gasteiger partial charge in [0.25, 0.3) is 0 Å². The molecule has 5 nitrogen and oxygen atoms in total. The monoisotopic (exact) mass is 338 g/mol. The van der Waals surface area contributed by atoms with Gasteiger partial charge in [0.15, 0.2) is 11.5 Å². The maximum absolute atomic E-state index is 12.5. The molecule has 1 aliphatic carbocycles. The van der Waals surface area contributed by atoms with E-state index in [1.54, 1.807) is 6.07 Å². The van der Waals surface area contributed by atoms with E-state index in [0.29, 0.717) is 30.4 Å². The van der Waals surface area contributed by atoms with Gasteiger partial charge in [0.2, 0.25) is 5.91 Å². The molecule has 0 fully saturated rings. The molecule has 0 bridgehead atoms. The van der Waals surface area contributed by atoms with Gasteiger partial charge < -0.3 is 20.1 Å². The number of benzene rings is 2. The number of rotatable bonds is 4. The van der Waals surface area contributed by atoms with Gasteiger partial charge in [0.1, 0.15) is 19.3 Å². The molecule has 5 heteroatoms. The highest BCUT2D eigenvalue weighted by molar-refractivity contribution is 5.96. The summed E-state index contributed by atoms with van der Waals surface area (Å²) >= 11 is 0. The standard InChI is InChI=1S/C20H22N2O3/c1-13(21-16-6-5-14-3-2-4-15(14)11-16)20(23)22-17-7-8-18-19(12-17)25-10-9-24-18/h5-8,11-13,21H,2-4,9-10H2,1H3,(H,22,23)/t13-/m0/s1. The third-order valence-electron chi connectivity index (χ3n) is 4.68. The Labute approximate surface area is 147 Å². The minimum Gasteiger partial charge on any atom is -0.486 e. The summed E-state index contributed by atoms with van der Waals surface area (Å²) < 4.78 is 11.0. The molecule has 2 aromatic rings. The van der Waals surface area contributed by atoms with Crippen LogP contribution in [0.1, 0.15) is 24.5 Å². The zero-order chi connectivity index (χ0) is 17.2. The van der Waals surface area contributed by atoms with E-state index >= 15 is 0 Å². The normalized spacial score (nSPS) is 16.0. The van der Waals surface area contributed by atoms with Gasteiger partial charge >= 0.3 is 0 Å². The maximum atomic E-state index is 12.5. The molecule has 1 aliphatic heterocycles. The van der Waals surface area contributed by atoms with E-state index < -0.39 is 0 Å². The first kappa shape index (κ1) is 15.8. The van der Waals surface area contributed by atoms with E-state index in [1.807, 2.05) is 19.1 Å². The summed E-state index contributed by atoms with van der Waals surface area (Å²) in [7, 11) is 0. The van der Waals surface area contributed by atoms with E-state index in [-0.39, 0.29) is 11.9 Å². The van der Waals surface area contributed by atoms with Gasteiger partial charge in [-0.3, -0.25) is 4.79 Å². The Kier molecular flexibility index (Phi) is 4.22. The SMILES string of the molecule is C[C@H](Nc1ccc2c(c1)CCC2)C(=O)Nc1ccc2c(c1)OCCO2.